The zero-order chi connectivity index (χ0) is 17.2. The highest BCUT2D eigenvalue weighted by Gasteiger charge is 2.32. The molecule has 0 unspecified atom stereocenters. The van der Waals surface area contributed by atoms with Crippen LogP contribution in [0.25, 0.3) is 0 Å². The van der Waals surface area contributed by atoms with Crippen molar-refractivity contribution < 1.29 is 19.1 Å². The summed E-state index contributed by atoms with van der Waals surface area (Å²) in [5, 5.41) is 5.74. The summed E-state index contributed by atoms with van der Waals surface area (Å²) < 4.78 is 11.0. The Labute approximate surface area is 146 Å². The Hall–Kier alpha value is -2.64. The van der Waals surface area contributed by atoms with Crippen LogP contribution in [-0.2, 0) is 0 Å². The van der Waals surface area contributed by atoms with Crippen LogP contribution in [0.5, 0.6) is 11.5 Å². The maximum atomic E-state index is 12.6. The number of piperidine rings is 1. The third-order valence-electron chi connectivity index (χ3n) is 4.81. The lowest BCUT2D eigenvalue weighted by atomic mass is 10.0. The number of rotatable bonds is 2. The molecular weight excluding hydrogens is 324 g/mol. The largest absolute Gasteiger partial charge is 0.486 e. The van der Waals surface area contributed by atoms with E-state index in [9.17, 15) is 9.59 Å². The Morgan fingerprint density at radius 3 is 2.84 bits per heavy atom. The predicted molar refractivity (Wildman–Crippen MR) is 91.2 cm³/mol. The number of nitrogens with zero attached hydrogens (tertiary/aromatic N) is 2. The van der Waals surface area contributed by atoms with Gasteiger partial charge in [0.15, 0.2) is 11.5 Å². The van der Waals surface area contributed by atoms with Crippen molar-refractivity contribution in [3.8, 4) is 11.5 Å². The molecule has 8 heteroatoms. The van der Waals surface area contributed by atoms with Crippen molar-refractivity contribution in [1.82, 2.24) is 15.1 Å². The first-order valence-electron chi connectivity index (χ1n) is 8.71. The average molecular weight is 346 g/mol. The molecule has 3 aliphatic rings. The molecule has 3 aliphatic heterocycles. The molecule has 1 atom stereocenters. The van der Waals surface area contributed by atoms with Gasteiger partial charge in [-0.15, -0.1) is 0 Å². The van der Waals surface area contributed by atoms with Crippen molar-refractivity contribution in [3.05, 3.63) is 18.2 Å². The highest BCUT2D eigenvalue weighted by Crippen LogP contribution is 2.32. The zero-order valence-electron chi connectivity index (χ0n) is 14.0. The quantitative estimate of drug-likeness (QED) is 0.850. The number of nitrogens with one attached hydrogen (secondary N) is 2. The monoisotopic (exact) mass is 346 g/mol. The summed E-state index contributed by atoms with van der Waals surface area (Å²) in [6.07, 6.45) is 1.82. The number of ether oxygens (including phenoxy) is 2. The van der Waals surface area contributed by atoms with E-state index < -0.39 is 0 Å². The summed E-state index contributed by atoms with van der Waals surface area (Å²) >= 11 is 0. The van der Waals surface area contributed by atoms with Gasteiger partial charge in [0.1, 0.15) is 13.2 Å². The standard InChI is InChI=1S/C17H22N4O4/c22-16-18-5-7-21(16)13-2-1-6-20(11-13)17(23)19-12-3-4-14-15(10-12)25-9-8-24-14/h3-4,10,13H,1-2,5-9,11H2,(H,18,22)(H,19,23)/t13-/m0/s1. The van der Waals surface area contributed by atoms with Gasteiger partial charge in [0.2, 0.25) is 0 Å². The van der Waals surface area contributed by atoms with Crippen molar-refractivity contribution in [2.24, 2.45) is 0 Å². The van der Waals surface area contributed by atoms with Crippen LogP contribution in [0.1, 0.15) is 12.8 Å². The number of hydrogen-bond acceptors (Lipinski definition) is 4. The van der Waals surface area contributed by atoms with Crippen LogP contribution in [0.2, 0.25) is 0 Å². The van der Waals surface area contributed by atoms with E-state index in [1.807, 2.05) is 4.90 Å². The van der Waals surface area contributed by atoms with E-state index in [-0.39, 0.29) is 18.1 Å². The predicted octanol–water partition coefficient (Wildman–Crippen LogP) is 1.48. The van der Waals surface area contributed by atoms with Crippen LogP contribution in [-0.4, -0.2) is 67.3 Å². The van der Waals surface area contributed by atoms with Crippen LogP contribution in [0.15, 0.2) is 18.2 Å². The van der Waals surface area contributed by atoms with Gasteiger partial charge in [0.05, 0.1) is 6.04 Å². The van der Waals surface area contributed by atoms with Gasteiger partial charge in [-0.1, -0.05) is 0 Å². The highest BCUT2D eigenvalue weighted by molar-refractivity contribution is 5.90. The molecule has 8 nitrogen and oxygen atoms in total. The summed E-state index contributed by atoms with van der Waals surface area (Å²) in [5.74, 6) is 1.34. The Balaban J connectivity index is 1.39. The Morgan fingerprint density at radius 2 is 2.04 bits per heavy atom. The van der Waals surface area contributed by atoms with Crippen molar-refractivity contribution in [2.75, 3.05) is 44.7 Å². The second-order valence-electron chi connectivity index (χ2n) is 6.46. The normalized spacial score (nSPS) is 22.6. The molecule has 0 spiro atoms. The summed E-state index contributed by atoms with van der Waals surface area (Å²) in [4.78, 5) is 28.1. The molecule has 0 radical (unpaired) electrons. The van der Waals surface area contributed by atoms with E-state index in [1.54, 1.807) is 23.1 Å². The molecule has 3 heterocycles. The van der Waals surface area contributed by atoms with Crippen LogP contribution >= 0.6 is 0 Å². The Bertz CT molecular complexity index is 681. The van der Waals surface area contributed by atoms with Gasteiger partial charge in [-0.05, 0) is 25.0 Å². The number of fused-ring (bicyclic) bond motifs is 1. The molecule has 4 amide bonds. The first kappa shape index (κ1) is 15.9. The second kappa shape index (κ2) is 6.70. The van der Waals surface area contributed by atoms with Crippen molar-refractivity contribution >= 4 is 17.7 Å². The van der Waals surface area contributed by atoms with Crippen molar-refractivity contribution in [1.29, 1.82) is 0 Å². The maximum Gasteiger partial charge on any atom is 0.321 e. The number of carbonyl (C=O) groups is 2. The van der Waals surface area contributed by atoms with Crippen LogP contribution in [0, 0.1) is 0 Å². The van der Waals surface area contributed by atoms with Crippen LogP contribution < -0.4 is 20.1 Å². The molecule has 2 N–H and O–H groups in total. The fraction of sp³-hybridized carbons (Fsp3) is 0.529. The summed E-state index contributed by atoms with van der Waals surface area (Å²) in [6.45, 7) is 3.69. The number of amides is 4. The Morgan fingerprint density at radius 1 is 1.20 bits per heavy atom. The lowest BCUT2D eigenvalue weighted by molar-refractivity contribution is 0.139. The topological polar surface area (TPSA) is 83.1 Å². The molecule has 0 saturated carbocycles. The SMILES string of the molecule is O=C(Nc1ccc2c(c1)OCCO2)N1CCC[C@H](N2CCNC2=O)C1. The number of anilines is 1. The number of likely N-dealkylation sites (tertiary alicyclic amines) is 1. The van der Waals surface area contributed by atoms with Gasteiger partial charge in [0.25, 0.3) is 0 Å². The first-order chi connectivity index (χ1) is 12.2. The maximum absolute atomic E-state index is 12.6. The summed E-state index contributed by atoms with van der Waals surface area (Å²) in [7, 11) is 0. The fourth-order valence-electron chi connectivity index (χ4n) is 3.55. The lowest BCUT2D eigenvalue weighted by Gasteiger charge is -2.37. The number of carbonyl (C=O) groups excluding carboxylic acids is 2. The number of urea groups is 2. The van der Waals surface area contributed by atoms with E-state index in [0.29, 0.717) is 56.6 Å². The minimum Gasteiger partial charge on any atom is -0.486 e. The van der Waals surface area contributed by atoms with Crippen LogP contribution in [0.3, 0.4) is 0 Å². The van der Waals surface area contributed by atoms with E-state index in [2.05, 4.69) is 10.6 Å². The molecule has 2 saturated heterocycles. The minimum absolute atomic E-state index is 0.0286. The van der Waals surface area contributed by atoms with Crippen molar-refractivity contribution in [3.63, 3.8) is 0 Å². The molecule has 4 rings (SSSR count). The smallest absolute Gasteiger partial charge is 0.321 e. The molecule has 0 aliphatic carbocycles. The molecule has 1 aromatic rings. The zero-order valence-corrected chi connectivity index (χ0v) is 14.0. The minimum atomic E-state index is -0.152. The van der Waals surface area contributed by atoms with Crippen LogP contribution in [0.4, 0.5) is 15.3 Å². The fourth-order valence-corrected chi connectivity index (χ4v) is 3.55. The second-order valence-corrected chi connectivity index (χ2v) is 6.46. The highest BCUT2D eigenvalue weighted by atomic mass is 16.6. The van der Waals surface area contributed by atoms with E-state index in [1.165, 1.54) is 0 Å². The van der Waals surface area contributed by atoms with Crippen molar-refractivity contribution in [2.45, 2.75) is 18.9 Å². The molecule has 134 valence electrons. The van der Waals surface area contributed by atoms with Gasteiger partial charge in [-0.3, -0.25) is 0 Å². The van der Waals surface area contributed by atoms with Gasteiger partial charge < -0.3 is 29.9 Å². The third-order valence-corrected chi connectivity index (χ3v) is 4.81. The Kier molecular flexibility index (Phi) is 4.25. The molecule has 2 fully saturated rings. The van der Waals surface area contributed by atoms with Gasteiger partial charge in [-0.2, -0.15) is 0 Å². The average Bonchev–Trinajstić information content (AvgIpc) is 3.08. The third kappa shape index (κ3) is 3.29. The number of hydrogen-bond donors (Lipinski definition) is 2. The molecule has 0 aromatic heterocycles. The van der Waals surface area contributed by atoms with Gasteiger partial charge in [-0.25, -0.2) is 9.59 Å². The first-order valence-corrected chi connectivity index (χ1v) is 8.71. The van der Waals surface area contributed by atoms with Gasteiger partial charge in [0, 0.05) is 37.9 Å². The summed E-state index contributed by atoms with van der Waals surface area (Å²) in [6, 6.07) is 5.29. The molecular formula is C17H22N4O4. The van der Waals surface area contributed by atoms with E-state index in [0.717, 1.165) is 12.8 Å². The van der Waals surface area contributed by atoms with E-state index in [4.69, 9.17) is 9.47 Å². The number of benzene rings is 1. The summed E-state index contributed by atoms with van der Waals surface area (Å²) in [5.41, 5.74) is 0.676. The van der Waals surface area contributed by atoms with E-state index >= 15 is 0 Å². The van der Waals surface area contributed by atoms with Gasteiger partial charge >= 0.3 is 12.1 Å². The molecule has 0 bridgehead atoms. The molecule has 1 aromatic carbocycles. The molecule has 25 heavy (non-hydrogen) atoms. The lowest BCUT2D eigenvalue weighted by Crippen LogP contribution is -2.51.